The second-order valence-corrected chi connectivity index (χ2v) is 3.80. The zero-order chi connectivity index (χ0) is 13.5. The van der Waals surface area contributed by atoms with Gasteiger partial charge in [-0.25, -0.2) is 5.43 Å². The van der Waals surface area contributed by atoms with Crippen molar-refractivity contribution in [2.75, 3.05) is 20.2 Å². The summed E-state index contributed by atoms with van der Waals surface area (Å²) in [6.07, 6.45) is 0.744. The van der Waals surface area contributed by atoms with Crippen LogP contribution in [0.4, 0.5) is 0 Å². The maximum absolute atomic E-state index is 12.0. The average molecular weight is 255 g/mol. The van der Waals surface area contributed by atoms with Crippen LogP contribution in [0.5, 0.6) is 0 Å². The molecule has 1 rings (SSSR count). The van der Waals surface area contributed by atoms with Gasteiger partial charge in [-0.15, -0.1) is 0 Å². The van der Waals surface area contributed by atoms with Gasteiger partial charge in [0.05, 0.1) is 13.5 Å². The zero-order valence-electron chi connectivity index (χ0n) is 10.6. The average Bonchev–Trinajstić information content (AvgIpc) is 2.39. The van der Waals surface area contributed by atoms with Crippen molar-refractivity contribution in [3.63, 3.8) is 0 Å². The first-order chi connectivity index (χ1) is 8.58. The van der Waals surface area contributed by atoms with Crippen LogP contribution in [0.2, 0.25) is 0 Å². The first kappa shape index (κ1) is 14.1. The van der Waals surface area contributed by atoms with Gasteiger partial charge in [-0.3, -0.25) is 14.4 Å². The molecule has 0 bridgehead atoms. The Labute approximate surface area is 105 Å². The molecule has 7 heteroatoms. The van der Waals surface area contributed by atoms with E-state index in [2.05, 4.69) is 15.3 Å². The predicted octanol–water partition coefficient (Wildman–Crippen LogP) is -0.336. The molecule has 0 aromatic heterocycles. The molecule has 2 amide bonds. The summed E-state index contributed by atoms with van der Waals surface area (Å²) in [4.78, 5) is 35.5. The van der Waals surface area contributed by atoms with Crippen molar-refractivity contribution in [2.24, 2.45) is 5.10 Å². The monoisotopic (exact) mass is 255 g/mol. The van der Waals surface area contributed by atoms with Gasteiger partial charge in [-0.1, -0.05) is 0 Å². The van der Waals surface area contributed by atoms with Crippen LogP contribution in [0.1, 0.15) is 26.2 Å². The van der Waals surface area contributed by atoms with Crippen molar-refractivity contribution in [2.45, 2.75) is 26.2 Å². The minimum absolute atomic E-state index is 0.149. The number of rotatable bonds is 5. The lowest BCUT2D eigenvalue weighted by Gasteiger charge is -2.22. The van der Waals surface area contributed by atoms with Gasteiger partial charge in [0.25, 0.3) is 5.91 Å². The summed E-state index contributed by atoms with van der Waals surface area (Å²) in [5.74, 6) is -0.800. The number of esters is 1. The summed E-state index contributed by atoms with van der Waals surface area (Å²) in [5, 5.41) is 3.74. The van der Waals surface area contributed by atoms with Gasteiger partial charge in [0.2, 0.25) is 5.91 Å². The highest BCUT2D eigenvalue weighted by Gasteiger charge is 2.23. The van der Waals surface area contributed by atoms with Gasteiger partial charge < -0.3 is 9.64 Å². The molecule has 18 heavy (non-hydrogen) atoms. The minimum atomic E-state index is -0.361. The Hall–Kier alpha value is -1.92. The Morgan fingerprint density at radius 3 is 2.67 bits per heavy atom. The predicted molar refractivity (Wildman–Crippen MR) is 63.7 cm³/mol. The second kappa shape index (κ2) is 6.73. The van der Waals surface area contributed by atoms with E-state index < -0.39 is 0 Å². The van der Waals surface area contributed by atoms with Crippen LogP contribution < -0.4 is 5.43 Å². The van der Waals surface area contributed by atoms with E-state index >= 15 is 0 Å². The quantitative estimate of drug-likeness (QED) is 0.681. The van der Waals surface area contributed by atoms with Gasteiger partial charge >= 0.3 is 5.97 Å². The first-order valence-corrected chi connectivity index (χ1v) is 5.80. The second-order valence-electron chi connectivity index (χ2n) is 3.80. The molecule has 1 N–H and O–H groups in total. The van der Waals surface area contributed by atoms with Crippen LogP contribution in [0.25, 0.3) is 0 Å². The standard InChI is InChI=1S/C11H17N3O4/c1-3-14(7-6-10(16)18-2)11(17)8-4-5-9(15)13-12-8/h3-7H2,1-2H3,(H,13,15). The van der Waals surface area contributed by atoms with Crippen LogP contribution in [0.15, 0.2) is 5.10 Å². The van der Waals surface area contributed by atoms with Crippen molar-refractivity contribution in [1.29, 1.82) is 0 Å². The summed E-state index contributed by atoms with van der Waals surface area (Å²) < 4.78 is 4.52. The van der Waals surface area contributed by atoms with E-state index in [1.165, 1.54) is 12.0 Å². The molecule has 0 fully saturated rings. The molecular formula is C11H17N3O4. The fourth-order valence-electron chi connectivity index (χ4n) is 1.54. The normalized spacial score (nSPS) is 14.6. The van der Waals surface area contributed by atoms with E-state index in [-0.39, 0.29) is 37.2 Å². The number of nitrogens with zero attached hydrogens (tertiary/aromatic N) is 2. The Kier molecular flexibility index (Phi) is 5.29. The molecule has 0 saturated heterocycles. The SMILES string of the molecule is CCN(CCC(=O)OC)C(=O)C1=NNC(=O)CC1. The molecule has 1 aliphatic rings. The summed E-state index contributed by atoms with van der Waals surface area (Å²) in [6, 6.07) is 0. The van der Waals surface area contributed by atoms with E-state index in [1.54, 1.807) is 0 Å². The Morgan fingerprint density at radius 2 is 2.17 bits per heavy atom. The Balaban J connectivity index is 2.56. The maximum atomic E-state index is 12.0. The molecular weight excluding hydrogens is 238 g/mol. The highest BCUT2D eigenvalue weighted by molar-refractivity contribution is 6.39. The van der Waals surface area contributed by atoms with Crippen molar-refractivity contribution < 1.29 is 19.1 Å². The lowest BCUT2D eigenvalue weighted by molar-refractivity contribution is -0.141. The number of hydrogen-bond donors (Lipinski definition) is 1. The number of carbonyl (C=O) groups is 3. The number of carbonyl (C=O) groups excluding carboxylic acids is 3. The largest absolute Gasteiger partial charge is 0.469 e. The summed E-state index contributed by atoms with van der Waals surface area (Å²) in [5.41, 5.74) is 2.60. The third-order valence-corrected chi connectivity index (χ3v) is 2.63. The number of ether oxygens (including phenoxy) is 1. The lowest BCUT2D eigenvalue weighted by Crippen LogP contribution is -2.41. The van der Waals surface area contributed by atoms with Gasteiger partial charge in [0, 0.05) is 25.9 Å². The van der Waals surface area contributed by atoms with Crippen molar-refractivity contribution >= 4 is 23.5 Å². The van der Waals surface area contributed by atoms with E-state index in [0.29, 0.717) is 18.7 Å². The fraction of sp³-hybridized carbons (Fsp3) is 0.636. The van der Waals surface area contributed by atoms with E-state index in [9.17, 15) is 14.4 Å². The summed E-state index contributed by atoms with van der Waals surface area (Å²) in [7, 11) is 1.31. The summed E-state index contributed by atoms with van der Waals surface area (Å²) >= 11 is 0. The Bertz CT molecular complexity index is 378. The number of methoxy groups -OCH3 is 1. The molecule has 0 spiro atoms. The smallest absolute Gasteiger partial charge is 0.307 e. The van der Waals surface area contributed by atoms with E-state index in [0.717, 1.165) is 0 Å². The third kappa shape index (κ3) is 3.83. The number of amides is 2. The van der Waals surface area contributed by atoms with Crippen molar-refractivity contribution in [1.82, 2.24) is 10.3 Å². The zero-order valence-corrected chi connectivity index (χ0v) is 10.6. The molecule has 0 aromatic carbocycles. The number of hydrazone groups is 1. The molecule has 0 aromatic rings. The van der Waals surface area contributed by atoms with Crippen molar-refractivity contribution in [3.05, 3.63) is 0 Å². The molecule has 7 nitrogen and oxygen atoms in total. The topological polar surface area (TPSA) is 88.1 Å². The lowest BCUT2D eigenvalue weighted by atomic mass is 10.1. The molecule has 0 atom stereocenters. The number of hydrogen-bond acceptors (Lipinski definition) is 5. The van der Waals surface area contributed by atoms with Crippen LogP contribution >= 0.6 is 0 Å². The van der Waals surface area contributed by atoms with E-state index in [1.807, 2.05) is 6.92 Å². The van der Waals surface area contributed by atoms with Gasteiger partial charge in [0.15, 0.2) is 0 Å². The summed E-state index contributed by atoms with van der Waals surface area (Å²) in [6.45, 7) is 2.58. The minimum Gasteiger partial charge on any atom is -0.469 e. The van der Waals surface area contributed by atoms with Crippen LogP contribution in [0, 0.1) is 0 Å². The molecule has 100 valence electrons. The highest BCUT2D eigenvalue weighted by atomic mass is 16.5. The van der Waals surface area contributed by atoms with Crippen LogP contribution in [-0.4, -0.2) is 48.6 Å². The first-order valence-electron chi connectivity index (χ1n) is 5.80. The molecule has 1 heterocycles. The van der Waals surface area contributed by atoms with Crippen molar-refractivity contribution in [3.8, 4) is 0 Å². The van der Waals surface area contributed by atoms with Crippen LogP contribution in [0.3, 0.4) is 0 Å². The van der Waals surface area contributed by atoms with Crippen LogP contribution in [-0.2, 0) is 19.1 Å². The molecule has 0 saturated carbocycles. The fourth-order valence-corrected chi connectivity index (χ4v) is 1.54. The number of nitrogens with one attached hydrogen (secondary N) is 1. The van der Waals surface area contributed by atoms with Gasteiger partial charge in [-0.05, 0) is 6.92 Å². The highest BCUT2D eigenvalue weighted by Crippen LogP contribution is 2.04. The van der Waals surface area contributed by atoms with E-state index in [4.69, 9.17) is 0 Å². The maximum Gasteiger partial charge on any atom is 0.307 e. The molecule has 1 aliphatic heterocycles. The molecule has 0 unspecified atom stereocenters. The van der Waals surface area contributed by atoms with Gasteiger partial charge in [0.1, 0.15) is 5.71 Å². The molecule has 0 radical (unpaired) electrons. The Morgan fingerprint density at radius 1 is 1.44 bits per heavy atom. The third-order valence-electron chi connectivity index (χ3n) is 2.63. The van der Waals surface area contributed by atoms with Gasteiger partial charge in [-0.2, -0.15) is 5.10 Å². The molecule has 0 aliphatic carbocycles.